The number of carbonyl (C=O) groups excluding carboxylic acids is 2. The van der Waals surface area contributed by atoms with Gasteiger partial charge in [0.2, 0.25) is 0 Å². The zero-order valence-corrected chi connectivity index (χ0v) is 18.0. The monoisotopic (exact) mass is 440 g/mol. The van der Waals surface area contributed by atoms with E-state index < -0.39 is 0 Å². The predicted molar refractivity (Wildman–Crippen MR) is 127 cm³/mol. The van der Waals surface area contributed by atoms with Crippen molar-refractivity contribution in [3.8, 4) is 5.75 Å². The third-order valence-corrected chi connectivity index (χ3v) is 6.08. The molecule has 1 aliphatic heterocycles. The zero-order chi connectivity index (χ0) is 21.9. The first-order valence-corrected chi connectivity index (χ1v) is 11.1. The predicted octanol–water partition coefficient (Wildman–Crippen LogP) is 5.59. The van der Waals surface area contributed by atoms with Gasteiger partial charge in [0.25, 0.3) is 11.1 Å². The summed E-state index contributed by atoms with van der Waals surface area (Å²) < 4.78 is 8.04. The molecule has 32 heavy (non-hydrogen) atoms. The van der Waals surface area contributed by atoms with E-state index in [-0.39, 0.29) is 11.1 Å². The molecule has 2 amide bonds. The molecule has 1 fully saturated rings. The standard InChI is InChI=1S/C26H20N2O3S/c29-25-24(32-26(30)27-25)14-20-16-28(23-9-5-4-8-22(20)23)15-18-10-12-21(13-11-18)31-17-19-6-2-1-3-7-19/h1-14,16H,15,17H2,(H,27,29,30). The van der Waals surface area contributed by atoms with Crippen LogP contribution in [0.2, 0.25) is 0 Å². The van der Waals surface area contributed by atoms with E-state index in [0.29, 0.717) is 18.1 Å². The van der Waals surface area contributed by atoms with Gasteiger partial charge in [-0.2, -0.15) is 0 Å². The highest BCUT2D eigenvalue weighted by Gasteiger charge is 2.25. The molecule has 0 aliphatic carbocycles. The quantitative estimate of drug-likeness (QED) is 0.397. The number of ether oxygens (including phenoxy) is 1. The molecule has 0 bridgehead atoms. The second kappa shape index (κ2) is 8.77. The molecule has 3 aromatic carbocycles. The van der Waals surface area contributed by atoms with E-state index in [2.05, 4.69) is 28.1 Å². The highest BCUT2D eigenvalue weighted by molar-refractivity contribution is 8.18. The smallest absolute Gasteiger partial charge is 0.290 e. The molecule has 158 valence electrons. The molecule has 2 heterocycles. The first-order valence-electron chi connectivity index (χ1n) is 10.2. The number of nitrogens with one attached hydrogen (secondary N) is 1. The number of imide groups is 1. The lowest BCUT2D eigenvalue weighted by Crippen LogP contribution is -2.17. The van der Waals surface area contributed by atoms with Crippen LogP contribution in [-0.4, -0.2) is 15.7 Å². The maximum atomic E-state index is 12.0. The van der Waals surface area contributed by atoms with E-state index in [9.17, 15) is 9.59 Å². The van der Waals surface area contributed by atoms with Crippen molar-refractivity contribution in [1.29, 1.82) is 0 Å². The van der Waals surface area contributed by atoms with E-state index in [1.54, 1.807) is 6.08 Å². The normalized spacial score (nSPS) is 14.8. The van der Waals surface area contributed by atoms with Gasteiger partial charge in [0, 0.05) is 29.2 Å². The fourth-order valence-corrected chi connectivity index (χ4v) is 4.39. The van der Waals surface area contributed by atoms with Gasteiger partial charge >= 0.3 is 0 Å². The average Bonchev–Trinajstić information content (AvgIpc) is 3.32. The van der Waals surface area contributed by atoms with Gasteiger partial charge in [0.1, 0.15) is 12.4 Å². The second-order valence-electron chi connectivity index (χ2n) is 7.50. The molecule has 1 saturated heterocycles. The molecule has 6 heteroatoms. The van der Waals surface area contributed by atoms with Crippen molar-refractivity contribution in [2.45, 2.75) is 13.2 Å². The van der Waals surface area contributed by atoms with Crippen LogP contribution in [0.15, 0.2) is 90.0 Å². The topological polar surface area (TPSA) is 60.3 Å². The molecular formula is C26H20N2O3S. The van der Waals surface area contributed by atoms with Gasteiger partial charge in [-0.15, -0.1) is 0 Å². The summed E-state index contributed by atoms with van der Waals surface area (Å²) in [6.45, 7) is 1.22. The number of thioether (sulfide) groups is 1. The van der Waals surface area contributed by atoms with Crippen LogP contribution in [0.1, 0.15) is 16.7 Å². The van der Waals surface area contributed by atoms with Crippen LogP contribution in [0.3, 0.4) is 0 Å². The number of carbonyl (C=O) groups is 2. The summed E-state index contributed by atoms with van der Waals surface area (Å²) in [6.07, 6.45) is 3.80. The zero-order valence-electron chi connectivity index (χ0n) is 17.2. The van der Waals surface area contributed by atoms with Crippen LogP contribution in [0, 0.1) is 0 Å². The molecule has 5 nitrogen and oxygen atoms in total. The van der Waals surface area contributed by atoms with E-state index >= 15 is 0 Å². The van der Waals surface area contributed by atoms with Gasteiger partial charge in [-0.3, -0.25) is 14.9 Å². The summed E-state index contributed by atoms with van der Waals surface area (Å²) in [5, 5.41) is 3.01. The number of rotatable bonds is 6. The number of para-hydroxylation sites is 1. The largest absolute Gasteiger partial charge is 0.489 e. The maximum absolute atomic E-state index is 12.0. The van der Waals surface area contributed by atoms with Gasteiger partial charge in [0.05, 0.1) is 4.91 Å². The molecule has 0 atom stereocenters. The Morgan fingerprint density at radius 2 is 1.62 bits per heavy atom. The summed E-state index contributed by atoms with van der Waals surface area (Å²) in [7, 11) is 0. The van der Waals surface area contributed by atoms with Gasteiger partial charge in [-0.05, 0) is 47.2 Å². The minimum atomic E-state index is -0.345. The fourth-order valence-electron chi connectivity index (χ4n) is 3.71. The third-order valence-electron chi connectivity index (χ3n) is 5.27. The van der Waals surface area contributed by atoms with E-state index in [4.69, 9.17) is 4.74 Å². The summed E-state index contributed by atoms with van der Waals surface area (Å²) in [6, 6.07) is 26.2. The molecule has 1 aromatic heterocycles. The Bertz CT molecular complexity index is 1320. The summed E-state index contributed by atoms with van der Waals surface area (Å²) in [4.78, 5) is 23.9. The Morgan fingerprint density at radius 3 is 2.38 bits per heavy atom. The number of aromatic nitrogens is 1. The Kier molecular flexibility index (Phi) is 5.52. The molecule has 4 aromatic rings. The van der Waals surface area contributed by atoms with Gasteiger partial charge in [-0.1, -0.05) is 60.7 Å². The molecule has 1 N–H and O–H groups in total. The summed E-state index contributed by atoms with van der Waals surface area (Å²) in [5.41, 5.74) is 4.25. The van der Waals surface area contributed by atoms with Crippen LogP contribution in [0.5, 0.6) is 5.75 Å². The molecule has 0 radical (unpaired) electrons. The van der Waals surface area contributed by atoms with Crippen LogP contribution in [0.25, 0.3) is 17.0 Å². The van der Waals surface area contributed by atoms with Crippen molar-refractivity contribution < 1.29 is 14.3 Å². The van der Waals surface area contributed by atoms with E-state index in [1.165, 1.54) is 0 Å². The third kappa shape index (κ3) is 4.31. The maximum Gasteiger partial charge on any atom is 0.290 e. The van der Waals surface area contributed by atoms with Gasteiger partial charge in [-0.25, -0.2) is 0 Å². The SMILES string of the molecule is O=C1NC(=O)C(=Cc2cn(Cc3ccc(OCc4ccccc4)cc3)c3ccccc23)S1. The van der Waals surface area contributed by atoms with Crippen molar-refractivity contribution in [3.05, 3.63) is 107 Å². The lowest BCUT2D eigenvalue weighted by atomic mass is 10.1. The van der Waals surface area contributed by atoms with Crippen molar-refractivity contribution in [1.82, 2.24) is 9.88 Å². The first kappa shape index (κ1) is 20.2. The molecule has 0 saturated carbocycles. The number of fused-ring (bicyclic) bond motifs is 1. The van der Waals surface area contributed by atoms with Crippen LogP contribution >= 0.6 is 11.8 Å². The van der Waals surface area contributed by atoms with Crippen molar-refractivity contribution in [2.24, 2.45) is 0 Å². The number of hydrogen-bond donors (Lipinski definition) is 1. The summed E-state index contributed by atoms with van der Waals surface area (Å²) in [5.74, 6) is 0.484. The van der Waals surface area contributed by atoms with Crippen LogP contribution < -0.4 is 10.1 Å². The van der Waals surface area contributed by atoms with Gasteiger partial charge in [0.15, 0.2) is 0 Å². The van der Waals surface area contributed by atoms with E-state index in [1.807, 2.05) is 66.9 Å². The molecular weight excluding hydrogens is 420 g/mol. The Hall–Kier alpha value is -3.77. The molecule has 0 unspecified atom stereocenters. The molecule has 5 rings (SSSR count). The lowest BCUT2D eigenvalue weighted by Gasteiger charge is -2.09. The Morgan fingerprint density at radius 1 is 0.875 bits per heavy atom. The minimum Gasteiger partial charge on any atom is -0.489 e. The Labute approximate surface area is 189 Å². The highest BCUT2D eigenvalue weighted by atomic mass is 32.2. The number of hydrogen-bond acceptors (Lipinski definition) is 4. The fraction of sp³-hybridized carbons (Fsp3) is 0.0769. The van der Waals surface area contributed by atoms with Crippen molar-refractivity contribution in [2.75, 3.05) is 0 Å². The van der Waals surface area contributed by atoms with E-state index in [0.717, 1.165) is 45.1 Å². The molecule has 0 spiro atoms. The number of nitrogens with zero attached hydrogens (tertiary/aromatic N) is 1. The van der Waals surface area contributed by atoms with Gasteiger partial charge < -0.3 is 9.30 Å². The number of benzene rings is 3. The second-order valence-corrected chi connectivity index (χ2v) is 8.51. The van der Waals surface area contributed by atoms with Crippen LogP contribution in [-0.2, 0) is 17.9 Å². The average molecular weight is 441 g/mol. The number of amides is 2. The minimum absolute atomic E-state index is 0.334. The summed E-state index contributed by atoms with van der Waals surface area (Å²) >= 11 is 0.933. The lowest BCUT2D eigenvalue weighted by molar-refractivity contribution is -0.115. The Balaban J connectivity index is 1.36. The van der Waals surface area contributed by atoms with Crippen LogP contribution in [0.4, 0.5) is 4.79 Å². The van der Waals surface area contributed by atoms with Crippen molar-refractivity contribution in [3.63, 3.8) is 0 Å². The molecule has 1 aliphatic rings. The highest BCUT2D eigenvalue weighted by Crippen LogP contribution is 2.30. The first-order chi connectivity index (χ1) is 15.7. The van der Waals surface area contributed by atoms with Crippen molar-refractivity contribution >= 4 is 39.9 Å².